The van der Waals surface area contributed by atoms with Gasteiger partial charge in [0.05, 0.1) is 13.7 Å². The van der Waals surface area contributed by atoms with Gasteiger partial charge in [-0.05, 0) is 41.5 Å². The summed E-state index contributed by atoms with van der Waals surface area (Å²) in [4.78, 5) is 5.31. The average Bonchev–Trinajstić information content (AvgIpc) is 3.43. The molecule has 0 aromatic heterocycles. The fraction of sp³-hybridized carbons (Fsp3) is 0.324. The van der Waals surface area contributed by atoms with Gasteiger partial charge in [0, 0.05) is 16.2 Å². The van der Waals surface area contributed by atoms with Crippen LogP contribution in [0.2, 0.25) is 0 Å². The third kappa shape index (κ3) is 5.85. The fourth-order valence-electron chi connectivity index (χ4n) is 5.64. The molecule has 3 nitrogen and oxygen atoms in total. The molecule has 1 aliphatic heterocycles. The highest BCUT2D eigenvalue weighted by Crippen LogP contribution is 2.48. The van der Waals surface area contributed by atoms with Crippen LogP contribution >= 0.6 is 8.15 Å². The van der Waals surface area contributed by atoms with Crippen molar-refractivity contribution in [3.63, 3.8) is 0 Å². The minimum absolute atomic E-state index is 0.0845. The van der Waals surface area contributed by atoms with E-state index in [-0.39, 0.29) is 6.04 Å². The van der Waals surface area contributed by atoms with Gasteiger partial charge in [0.1, 0.15) is 12.6 Å². The lowest BCUT2D eigenvalue weighted by Gasteiger charge is -2.42. The predicted molar refractivity (Wildman–Crippen MR) is 162 cm³/mol. The molecule has 0 N–H and O–H groups in total. The molecule has 0 saturated carbocycles. The van der Waals surface area contributed by atoms with Gasteiger partial charge in [0.25, 0.3) is 0 Å². The van der Waals surface area contributed by atoms with Crippen molar-refractivity contribution in [3.05, 3.63) is 109 Å². The summed E-state index contributed by atoms with van der Waals surface area (Å²) in [6.07, 6.45) is 1.84. The maximum absolute atomic E-state index is 7.47. The SMILES string of the molecule is CC(C)CC(CC(C)C)(OP(c1ccccc1)c1ccccc1)C1COC(c2cccc3ccccc23)=N1. The summed E-state index contributed by atoms with van der Waals surface area (Å²) in [5.41, 5.74) is 0.605. The zero-order valence-electron chi connectivity index (χ0n) is 22.9. The molecule has 0 saturated heterocycles. The standard InChI is InChI=1S/C34H38NO2P/c1-25(2)22-34(23-26(3)4,37-38(28-16-7-5-8-17-28)29-18-9-6-10-19-29)32-24-36-33(35-32)31-21-13-15-27-14-11-12-20-30(27)31/h5-21,25-26,32H,22-24H2,1-4H3. The van der Waals surface area contributed by atoms with Gasteiger partial charge in [-0.15, -0.1) is 0 Å². The van der Waals surface area contributed by atoms with Crippen molar-refractivity contribution in [2.45, 2.75) is 52.2 Å². The van der Waals surface area contributed by atoms with E-state index in [1.807, 2.05) is 0 Å². The summed E-state index contributed by atoms with van der Waals surface area (Å²) in [6.45, 7) is 9.69. The summed E-state index contributed by atoms with van der Waals surface area (Å²) < 4.78 is 13.9. The molecule has 1 unspecified atom stereocenters. The van der Waals surface area contributed by atoms with Crippen LogP contribution in [0.4, 0.5) is 0 Å². The van der Waals surface area contributed by atoms with E-state index >= 15 is 0 Å². The first-order valence-electron chi connectivity index (χ1n) is 13.7. The van der Waals surface area contributed by atoms with Gasteiger partial charge >= 0.3 is 0 Å². The van der Waals surface area contributed by atoms with Gasteiger partial charge in [0.15, 0.2) is 0 Å². The Hall–Kier alpha value is -3.00. The lowest BCUT2D eigenvalue weighted by molar-refractivity contribution is 0.00892. The summed E-state index contributed by atoms with van der Waals surface area (Å²) in [5.74, 6) is 1.64. The zero-order valence-corrected chi connectivity index (χ0v) is 23.8. The first kappa shape index (κ1) is 26.6. The van der Waals surface area contributed by atoms with Crippen molar-refractivity contribution in [3.8, 4) is 0 Å². The van der Waals surface area contributed by atoms with Crippen molar-refractivity contribution in [2.24, 2.45) is 16.8 Å². The topological polar surface area (TPSA) is 30.8 Å². The molecule has 4 aromatic carbocycles. The smallest absolute Gasteiger partial charge is 0.217 e. The van der Waals surface area contributed by atoms with Crippen molar-refractivity contribution in [1.82, 2.24) is 0 Å². The van der Waals surface area contributed by atoms with Crippen LogP contribution in [0.3, 0.4) is 0 Å². The lowest BCUT2D eigenvalue weighted by Crippen LogP contribution is -2.47. The highest BCUT2D eigenvalue weighted by Gasteiger charge is 2.46. The second kappa shape index (κ2) is 11.8. The molecular formula is C34H38NO2P. The molecule has 4 aromatic rings. The monoisotopic (exact) mass is 523 g/mol. The number of ether oxygens (including phenoxy) is 1. The highest BCUT2D eigenvalue weighted by atomic mass is 31.1. The Bertz CT molecular complexity index is 1310. The van der Waals surface area contributed by atoms with Crippen LogP contribution in [0.5, 0.6) is 0 Å². The largest absolute Gasteiger partial charge is 0.475 e. The van der Waals surface area contributed by atoms with Gasteiger partial charge in [-0.1, -0.05) is 125 Å². The summed E-state index contributed by atoms with van der Waals surface area (Å²) >= 11 is 0. The van der Waals surface area contributed by atoms with Gasteiger partial charge in [-0.2, -0.15) is 0 Å². The third-order valence-electron chi connectivity index (χ3n) is 7.04. The summed E-state index contributed by atoms with van der Waals surface area (Å²) in [7, 11) is -1.04. The Morgan fingerprint density at radius 3 is 1.92 bits per heavy atom. The van der Waals surface area contributed by atoms with Crippen molar-refractivity contribution < 1.29 is 9.26 Å². The molecule has 0 bridgehead atoms. The van der Waals surface area contributed by atoms with Gasteiger partial charge in [0.2, 0.25) is 5.90 Å². The zero-order chi connectivity index (χ0) is 26.5. The van der Waals surface area contributed by atoms with Gasteiger partial charge in [-0.25, -0.2) is 4.99 Å². The lowest BCUT2D eigenvalue weighted by atomic mass is 9.80. The van der Waals surface area contributed by atoms with E-state index in [0.29, 0.717) is 18.4 Å². The molecule has 38 heavy (non-hydrogen) atoms. The normalized spacial score (nSPS) is 15.9. The molecule has 196 valence electrons. The van der Waals surface area contributed by atoms with E-state index in [0.717, 1.165) is 24.3 Å². The second-order valence-corrected chi connectivity index (χ2v) is 12.9. The number of benzene rings is 4. The van der Waals surface area contributed by atoms with Crippen LogP contribution in [-0.4, -0.2) is 24.1 Å². The molecular weight excluding hydrogens is 485 g/mol. The van der Waals surface area contributed by atoms with Crippen LogP contribution in [0, 0.1) is 11.8 Å². The van der Waals surface area contributed by atoms with Crippen molar-refractivity contribution >= 4 is 35.4 Å². The van der Waals surface area contributed by atoms with Crippen LogP contribution in [0.25, 0.3) is 10.8 Å². The van der Waals surface area contributed by atoms with E-state index in [1.54, 1.807) is 0 Å². The van der Waals surface area contributed by atoms with Gasteiger partial charge < -0.3 is 9.26 Å². The molecule has 1 aliphatic rings. The molecule has 0 radical (unpaired) electrons. The third-order valence-corrected chi connectivity index (χ3v) is 9.12. The van der Waals surface area contributed by atoms with Crippen LogP contribution < -0.4 is 10.6 Å². The van der Waals surface area contributed by atoms with E-state index in [1.165, 1.54) is 21.4 Å². The maximum atomic E-state index is 7.47. The second-order valence-electron chi connectivity index (χ2n) is 11.1. The number of fused-ring (bicyclic) bond motifs is 1. The quantitative estimate of drug-likeness (QED) is 0.198. The van der Waals surface area contributed by atoms with Crippen molar-refractivity contribution in [1.29, 1.82) is 0 Å². The van der Waals surface area contributed by atoms with Crippen LogP contribution in [0.15, 0.2) is 108 Å². The summed E-state index contributed by atoms with van der Waals surface area (Å²) in [5, 5.41) is 4.82. The van der Waals surface area contributed by atoms with Crippen LogP contribution in [-0.2, 0) is 9.26 Å². The Morgan fingerprint density at radius 1 is 0.763 bits per heavy atom. The van der Waals surface area contributed by atoms with Crippen molar-refractivity contribution in [2.75, 3.05) is 6.61 Å². The maximum Gasteiger partial charge on any atom is 0.217 e. The number of aliphatic imine (C=N–C) groups is 1. The Morgan fingerprint density at radius 2 is 1.32 bits per heavy atom. The first-order chi connectivity index (χ1) is 18.4. The Labute approximate surface area is 228 Å². The predicted octanol–water partition coefficient (Wildman–Crippen LogP) is 7.88. The highest BCUT2D eigenvalue weighted by molar-refractivity contribution is 7.68. The van der Waals surface area contributed by atoms with E-state index < -0.39 is 13.7 Å². The fourth-order valence-corrected chi connectivity index (χ4v) is 7.67. The van der Waals surface area contributed by atoms with Crippen LogP contribution in [0.1, 0.15) is 46.1 Å². The molecule has 0 aliphatic carbocycles. The number of hydrogen-bond acceptors (Lipinski definition) is 3. The van der Waals surface area contributed by atoms with E-state index in [2.05, 4.69) is 131 Å². The minimum atomic E-state index is -1.04. The average molecular weight is 524 g/mol. The number of nitrogens with zero attached hydrogens (tertiary/aromatic N) is 1. The molecule has 0 spiro atoms. The summed E-state index contributed by atoms with van der Waals surface area (Å²) in [6, 6.07) is 36.1. The molecule has 0 amide bonds. The van der Waals surface area contributed by atoms with E-state index in [9.17, 15) is 0 Å². The minimum Gasteiger partial charge on any atom is -0.475 e. The Kier molecular flexibility index (Phi) is 8.27. The van der Waals surface area contributed by atoms with Gasteiger partial charge in [-0.3, -0.25) is 0 Å². The molecule has 1 heterocycles. The van der Waals surface area contributed by atoms with E-state index in [4.69, 9.17) is 14.3 Å². The molecule has 4 heteroatoms. The number of rotatable bonds is 10. The molecule has 5 rings (SSSR count). The molecule has 1 atom stereocenters. The first-order valence-corrected chi connectivity index (χ1v) is 15.0. The Balaban J connectivity index is 1.59. The number of hydrogen-bond donors (Lipinski definition) is 0. The molecule has 0 fully saturated rings.